The number of ether oxygens (including phenoxy) is 2. The van der Waals surface area contributed by atoms with Crippen molar-refractivity contribution in [2.75, 3.05) is 51.3 Å². The number of rotatable bonds is 4. The van der Waals surface area contributed by atoms with E-state index in [4.69, 9.17) is 9.47 Å². The first-order valence-corrected chi connectivity index (χ1v) is 9.19. The van der Waals surface area contributed by atoms with Crippen molar-refractivity contribution in [1.29, 1.82) is 0 Å². The fourth-order valence-electron chi connectivity index (χ4n) is 3.54. The van der Waals surface area contributed by atoms with E-state index in [1.807, 2.05) is 18.2 Å². The maximum Gasteiger partial charge on any atom is 0.409 e. The molecule has 2 fully saturated rings. The van der Waals surface area contributed by atoms with E-state index in [0.29, 0.717) is 50.8 Å². The number of anilines is 1. The smallest absolute Gasteiger partial charge is 0.409 e. The molecule has 8 nitrogen and oxygen atoms in total. The van der Waals surface area contributed by atoms with Crippen molar-refractivity contribution in [1.82, 2.24) is 9.80 Å². The lowest BCUT2D eigenvalue weighted by Gasteiger charge is -2.35. The summed E-state index contributed by atoms with van der Waals surface area (Å²) in [5.41, 5.74) is 0.687. The lowest BCUT2D eigenvalue weighted by atomic mass is 10.1. The topological polar surface area (TPSA) is 79.4 Å². The molecule has 2 heterocycles. The van der Waals surface area contributed by atoms with E-state index < -0.39 is 0 Å². The zero-order chi connectivity index (χ0) is 19.4. The van der Waals surface area contributed by atoms with Gasteiger partial charge in [0, 0.05) is 39.1 Å². The number of carbonyl (C=O) groups is 3. The summed E-state index contributed by atoms with van der Waals surface area (Å²) in [4.78, 5) is 42.1. The molecule has 1 aromatic carbocycles. The van der Waals surface area contributed by atoms with Crippen molar-refractivity contribution < 1.29 is 23.9 Å². The van der Waals surface area contributed by atoms with Crippen molar-refractivity contribution in [2.24, 2.45) is 5.92 Å². The number of hydrogen-bond acceptors (Lipinski definition) is 5. The highest BCUT2D eigenvalue weighted by molar-refractivity contribution is 6.01. The Hall–Kier alpha value is -2.77. The van der Waals surface area contributed by atoms with Gasteiger partial charge in [0.15, 0.2) is 0 Å². The van der Waals surface area contributed by atoms with Gasteiger partial charge in [-0.25, -0.2) is 4.79 Å². The zero-order valence-corrected chi connectivity index (χ0v) is 15.7. The molecule has 0 aromatic heterocycles. The van der Waals surface area contributed by atoms with E-state index in [0.717, 1.165) is 0 Å². The highest BCUT2D eigenvalue weighted by Gasteiger charge is 2.39. The van der Waals surface area contributed by atoms with Crippen LogP contribution in [0.4, 0.5) is 10.5 Å². The van der Waals surface area contributed by atoms with Crippen LogP contribution in [0.15, 0.2) is 24.3 Å². The third-order valence-electron chi connectivity index (χ3n) is 4.97. The van der Waals surface area contributed by atoms with Crippen molar-refractivity contribution in [3.63, 3.8) is 0 Å². The van der Waals surface area contributed by atoms with Crippen molar-refractivity contribution in [2.45, 2.75) is 13.3 Å². The van der Waals surface area contributed by atoms with Gasteiger partial charge in [-0.15, -0.1) is 0 Å². The molecule has 0 bridgehead atoms. The monoisotopic (exact) mass is 375 g/mol. The summed E-state index contributed by atoms with van der Waals surface area (Å²) >= 11 is 0. The van der Waals surface area contributed by atoms with Crippen LogP contribution in [0.1, 0.15) is 13.3 Å². The molecule has 0 saturated carbocycles. The number of carbonyl (C=O) groups excluding carboxylic acids is 3. The lowest BCUT2D eigenvalue weighted by molar-refractivity contribution is -0.137. The molecule has 0 aliphatic carbocycles. The fourth-order valence-corrected chi connectivity index (χ4v) is 3.54. The molecule has 2 aliphatic heterocycles. The quantitative estimate of drug-likeness (QED) is 0.794. The molecule has 2 saturated heterocycles. The second-order valence-corrected chi connectivity index (χ2v) is 6.59. The lowest BCUT2D eigenvalue weighted by Crippen LogP contribution is -2.52. The number of hydrogen-bond donors (Lipinski definition) is 0. The molecule has 0 unspecified atom stereocenters. The van der Waals surface area contributed by atoms with Gasteiger partial charge in [-0.1, -0.05) is 12.1 Å². The average Bonchev–Trinajstić information content (AvgIpc) is 3.09. The Morgan fingerprint density at radius 2 is 1.78 bits per heavy atom. The van der Waals surface area contributed by atoms with Gasteiger partial charge < -0.3 is 24.2 Å². The minimum Gasteiger partial charge on any atom is -0.495 e. The molecule has 3 amide bonds. The van der Waals surface area contributed by atoms with E-state index in [9.17, 15) is 14.4 Å². The minimum absolute atomic E-state index is 0.0377. The first-order chi connectivity index (χ1) is 13.0. The van der Waals surface area contributed by atoms with Gasteiger partial charge in [-0.3, -0.25) is 9.59 Å². The van der Waals surface area contributed by atoms with Gasteiger partial charge in [0.2, 0.25) is 11.8 Å². The van der Waals surface area contributed by atoms with Crippen LogP contribution < -0.4 is 9.64 Å². The van der Waals surface area contributed by atoms with Gasteiger partial charge in [0.05, 0.1) is 25.3 Å². The third kappa shape index (κ3) is 3.99. The number of amides is 3. The van der Waals surface area contributed by atoms with Crippen LogP contribution in [-0.4, -0.2) is 74.1 Å². The summed E-state index contributed by atoms with van der Waals surface area (Å²) in [7, 11) is 1.56. The zero-order valence-electron chi connectivity index (χ0n) is 15.7. The Morgan fingerprint density at radius 1 is 1.11 bits per heavy atom. The summed E-state index contributed by atoms with van der Waals surface area (Å²) in [6, 6.07) is 7.30. The number of nitrogens with zero attached hydrogens (tertiary/aromatic N) is 3. The van der Waals surface area contributed by atoms with Crippen LogP contribution in [-0.2, 0) is 14.3 Å². The van der Waals surface area contributed by atoms with Crippen molar-refractivity contribution in [3.05, 3.63) is 24.3 Å². The number of benzene rings is 1. The Morgan fingerprint density at radius 3 is 2.44 bits per heavy atom. The maximum atomic E-state index is 12.9. The Bertz CT molecular complexity index is 715. The molecular weight excluding hydrogens is 350 g/mol. The van der Waals surface area contributed by atoms with E-state index >= 15 is 0 Å². The van der Waals surface area contributed by atoms with Gasteiger partial charge >= 0.3 is 6.09 Å². The molecule has 1 aromatic rings. The first kappa shape index (κ1) is 19.0. The molecule has 0 radical (unpaired) electrons. The summed E-state index contributed by atoms with van der Waals surface area (Å²) in [5.74, 6) is 0.117. The van der Waals surface area contributed by atoms with Gasteiger partial charge in [-0.2, -0.15) is 0 Å². The molecular formula is C19H25N3O5. The molecule has 27 heavy (non-hydrogen) atoms. The van der Waals surface area contributed by atoms with Crippen molar-refractivity contribution in [3.8, 4) is 5.75 Å². The minimum atomic E-state index is -0.378. The fraction of sp³-hybridized carbons (Fsp3) is 0.526. The standard InChI is InChI=1S/C19H25N3O5/c1-3-27-19(25)21-10-8-20(9-11-21)18(24)14-12-17(23)22(13-14)15-6-4-5-7-16(15)26-2/h4-7,14H,3,8-13H2,1-2H3/t14-/m1/s1. The Balaban J connectivity index is 1.61. The van der Waals surface area contributed by atoms with Crippen LogP contribution in [0, 0.1) is 5.92 Å². The maximum absolute atomic E-state index is 12.9. The summed E-state index contributed by atoms with van der Waals surface area (Å²) in [6.07, 6.45) is -0.155. The summed E-state index contributed by atoms with van der Waals surface area (Å²) in [5, 5.41) is 0. The van der Waals surface area contributed by atoms with Crippen LogP contribution in [0.5, 0.6) is 5.75 Å². The number of methoxy groups -OCH3 is 1. The normalized spacial score (nSPS) is 20.0. The van der Waals surface area contributed by atoms with Gasteiger partial charge in [0.25, 0.3) is 0 Å². The van der Waals surface area contributed by atoms with Crippen LogP contribution in [0.2, 0.25) is 0 Å². The second kappa shape index (κ2) is 8.28. The van der Waals surface area contributed by atoms with E-state index in [-0.39, 0.29) is 30.2 Å². The SMILES string of the molecule is CCOC(=O)N1CCN(C(=O)[C@@H]2CC(=O)N(c3ccccc3OC)C2)CC1. The predicted molar refractivity (Wildman–Crippen MR) is 98.6 cm³/mol. The third-order valence-corrected chi connectivity index (χ3v) is 4.97. The summed E-state index contributed by atoms with van der Waals surface area (Å²) < 4.78 is 10.3. The highest BCUT2D eigenvalue weighted by Crippen LogP contribution is 2.33. The van der Waals surface area contributed by atoms with E-state index in [1.54, 1.807) is 34.8 Å². The van der Waals surface area contributed by atoms with E-state index in [1.165, 1.54) is 0 Å². The molecule has 0 spiro atoms. The molecule has 1 atom stereocenters. The van der Waals surface area contributed by atoms with Crippen molar-refractivity contribution >= 4 is 23.6 Å². The number of para-hydroxylation sites is 2. The predicted octanol–water partition coefficient (Wildman–Crippen LogP) is 1.35. The Kier molecular flexibility index (Phi) is 5.83. The van der Waals surface area contributed by atoms with Gasteiger partial charge in [-0.05, 0) is 19.1 Å². The average molecular weight is 375 g/mol. The Labute approximate surface area is 158 Å². The molecule has 3 rings (SSSR count). The summed E-state index contributed by atoms with van der Waals surface area (Å²) in [6.45, 7) is 4.25. The number of piperazine rings is 1. The highest BCUT2D eigenvalue weighted by atomic mass is 16.6. The van der Waals surface area contributed by atoms with Crippen LogP contribution in [0.25, 0.3) is 0 Å². The molecule has 8 heteroatoms. The van der Waals surface area contributed by atoms with Gasteiger partial charge in [0.1, 0.15) is 5.75 Å². The molecule has 2 aliphatic rings. The second-order valence-electron chi connectivity index (χ2n) is 6.59. The molecule has 146 valence electrons. The van der Waals surface area contributed by atoms with Crippen LogP contribution in [0.3, 0.4) is 0 Å². The molecule has 0 N–H and O–H groups in total. The van der Waals surface area contributed by atoms with E-state index in [2.05, 4.69) is 0 Å². The largest absolute Gasteiger partial charge is 0.495 e. The van der Waals surface area contributed by atoms with Crippen LogP contribution >= 0.6 is 0 Å². The first-order valence-electron chi connectivity index (χ1n) is 9.19.